The molecule has 30 heavy (non-hydrogen) atoms. The number of carbonyl (C=O) groups is 1. The van der Waals surface area contributed by atoms with Gasteiger partial charge in [-0.05, 0) is 54.2 Å². The third kappa shape index (κ3) is 6.20. The number of ether oxygens (including phenoxy) is 2. The zero-order valence-electron chi connectivity index (χ0n) is 16.4. The lowest BCUT2D eigenvalue weighted by atomic mass is 10.2. The lowest BCUT2D eigenvalue weighted by Gasteiger charge is -2.12. The molecule has 0 bridgehead atoms. The molecule has 3 aromatic rings. The molecule has 0 aliphatic carbocycles. The minimum Gasteiger partial charge on any atom is -0.495 e. The maximum atomic E-state index is 12.5. The zero-order valence-corrected chi connectivity index (χ0v) is 17.9. The normalized spacial score (nSPS) is 10.2. The van der Waals surface area contributed by atoms with Crippen molar-refractivity contribution in [2.45, 2.75) is 6.42 Å². The van der Waals surface area contributed by atoms with Crippen LogP contribution in [0.3, 0.4) is 0 Å². The molecule has 0 atom stereocenters. The molecule has 5 nitrogen and oxygen atoms in total. The van der Waals surface area contributed by atoms with Crippen LogP contribution in [0.5, 0.6) is 11.5 Å². The Kier molecular flexibility index (Phi) is 7.65. The number of nitrogens with one attached hydrogen (secondary N) is 2. The number of halogens is 1. The number of rotatable bonds is 7. The third-order valence-electron chi connectivity index (χ3n) is 4.24. The molecule has 0 spiro atoms. The second-order valence-electron chi connectivity index (χ2n) is 6.37. The second kappa shape index (κ2) is 10.6. The Morgan fingerprint density at radius 3 is 2.57 bits per heavy atom. The molecule has 7 heteroatoms. The van der Waals surface area contributed by atoms with Gasteiger partial charge < -0.3 is 14.8 Å². The Bertz CT molecular complexity index is 1030. The molecule has 154 valence electrons. The number of hydrogen-bond acceptors (Lipinski definition) is 4. The van der Waals surface area contributed by atoms with Crippen LogP contribution < -0.4 is 20.1 Å². The number of benzene rings is 3. The van der Waals surface area contributed by atoms with Crippen LogP contribution in [0.15, 0.2) is 72.8 Å². The smallest absolute Gasteiger partial charge is 0.257 e. The summed E-state index contributed by atoms with van der Waals surface area (Å²) in [5.41, 5.74) is 2.29. The molecule has 3 rings (SSSR count). The Morgan fingerprint density at radius 2 is 1.83 bits per heavy atom. The summed E-state index contributed by atoms with van der Waals surface area (Å²) in [6, 6.07) is 22.2. The highest BCUT2D eigenvalue weighted by Crippen LogP contribution is 2.27. The first-order chi connectivity index (χ1) is 14.5. The van der Waals surface area contributed by atoms with Crippen molar-refractivity contribution in [2.24, 2.45) is 0 Å². The minimum atomic E-state index is -0.333. The Balaban J connectivity index is 1.54. The lowest BCUT2D eigenvalue weighted by Crippen LogP contribution is -2.34. The summed E-state index contributed by atoms with van der Waals surface area (Å²) >= 11 is 11.3. The van der Waals surface area contributed by atoms with E-state index in [0.29, 0.717) is 34.4 Å². The molecule has 1 amide bonds. The van der Waals surface area contributed by atoms with Crippen molar-refractivity contribution in [2.75, 3.05) is 19.0 Å². The van der Waals surface area contributed by atoms with E-state index in [1.165, 1.54) is 5.56 Å². The van der Waals surface area contributed by atoms with Gasteiger partial charge in [-0.15, -0.1) is 0 Å². The van der Waals surface area contributed by atoms with E-state index in [1.807, 2.05) is 24.3 Å². The quantitative estimate of drug-likeness (QED) is 0.501. The van der Waals surface area contributed by atoms with Gasteiger partial charge in [-0.2, -0.15) is 0 Å². The first kappa shape index (κ1) is 21.6. The molecule has 0 fully saturated rings. The number of methoxy groups -OCH3 is 1. The van der Waals surface area contributed by atoms with Gasteiger partial charge in [0.2, 0.25) is 0 Å². The molecule has 3 aromatic carbocycles. The zero-order chi connectivity index (χ0) is 21.3. The Hall–Kier alpha value is -3.09. The topological polar surface area (TPSA) is 59.6 Å². The van der Waals surface area contributed by atoms with Crippen molar-refractivity contribution in [3.05, 3.63) is 88.9 Å². The van der Waals surface area contributed by atoms with E-state index in [2.05, 4.69) is 22.8 Å². The van der Waals surface area contributed by atoms with Crippen LogP contribution in [-0.4, -0.2) is 24.7 Å². The van der Waals surface area contributed by atoms with E-state index in [9.17, 15) is 4.79 Å². The van der Waals surface area contributed by atoms with Crippen LogP contribution in [0.1, 0.15) is 15.9 Å². The summed E-state index contributed by atoms with van der Waals surface area (Å²) in [7, 11) is 1.54. The van der Waals surface area contributed by atoms with Gasteiger partial charge in [0.05, 0.1) is 18.7 Å². The molecule has 0 radical (unpaired) electrons. The van der Waals surface area contributed by atoms with Crippen LogP contribution in [0.4, 0.5) is 5.69 Å². The van der Waals surface area contributed by atoms with E-state index in [4.69, 9.17) is 33.3 Å². The SMILES string of the molecule is COc1ccc(NC(=S)NC(=O)c2cccc(OCCc3ccccc3)c2)cc1Cl. The van der Waals surface area contributed by atoms with E-state index >= 15 is 0 Å². The van der Waals surface area contributed by atoms with Crippen molar-refractivity contribution < 1.29 is 14.3 Å². The largest absolute Gasteiger partial charge is 0.495 e. The van der Waals surface area contributed by atoms with E-state index < -0.39 is 0 Å². The van der Waals surface area contributed by atoms with Crippen LogP contribution in [0.25, 0.3) is 0 Å². The number of amides is 1. The lowest BCUT2D eigenvalue weighted by molar-refractivity contribution is 0.0977. The first-order valence-corrected chi connectivity index (χ1v) is 10.1. The predicted molar refractivity (Wildman–Crippen MR) is 124 cm³/mol. The molecule has 0 saturated heterocycles. The average molecular weight is 441 g/mol. The summed E-state index contributed by atoms with van der Waals surface area (Å²) in [6.07, 6.45) is 0.787. The fraction of sp³-hybridized carbons (Fsp3) is 0.130. The molecule has 0 unspecified atom stereocenters. The number of carbonyl (C=O) groups excluding carboxylic acids is 1. The van der Waals surface area contributed by atoms with Crippen LogP contribution in [0.2, 0.25) is 5.02 Å². The van der Waals surface area contributed by atoms with Gasteiger partial charge in [-0.1, -0.05) is 48.0 Å². The summed E-state index contributed by atoms with van der Waals surface area (Å²) in [4.78, 5) is 12.5. The molecule has 0 heterocycles. The van der Waals surface area contributed by atoms with E-state index in [1.54, 1.807) is 43.5 Å². The molecular formula is C23H21ClN2O3S. The number of thiocarbonyl (C=S) groups is 1. The van der Waals surface area contributed by atoms with Crippen molar-refractivity contribution in [1.82, 2.24) is 5.32 Å². The van der Waals surface area contributed by atoms with Crippen molar-refractivity contribution in [3.8, 4) is 11.5 Å². The van der Waals surface area contributed by atoms with E-state index in [0.717, 1.165) is 6.42 Å². The first-order valence-electron chi connectivity index (χ1n) is 9.28. The van der Waals surface area contributed by atoms with Gasteiger partial charge in [0.25, 0.3) is 5.91 Å². The maximum Gasteiger partial charge on any atom is 0.257 e. The maximum absolute atomic E-state index is 12.5. The minimum absolute atomic E-state index is 0.164. The summed E-state index contributed by atoms with van der Waals surface area (Å²) < 4.78 is 10.9. The molecular weight excluding hydrogens is 420 g/mol. The van der Waals surface area contributed by atoms with Crippen molar-refractivity contribution >= 4 is 40.5 Å². The summed E-state index contributed by atoms with van der Waals surface area (Å²) in [5.74, 6) is 0.848. The Morgan fingerprint density at radius 1 is 1.03 bits per heavy atom. The summed E-state index contributed by atoms with van der Waals surface area (Å²) in [5, 5.41) is 6.19. The summed E-state index contributed by atoms with van der Waals surface area (Å²) in [6.45, 7) is 0.521. The highest BCUT2D eigenvalue weighted by molar-refractivity contribution is 7.80. The second-order valence-corrected chi connectivity index (χ2v) is 7.18. The molecule has 0 saturated carbocycles. The molecule has 0 aromatic heterocycles. The number of anilines is 1. The van der Waals surface area contributed by atoms with Gasteiger partial charge >= 0.3 is 0 Å². The van der Waals surface area contributed by atoms with Crippen LogP contribution in [-0.2, 0) is 6.42 Å². The van der Waals surface area contributed by atoms with Gasteiger partial charge in [-0.3, -0.25) is 10.1 Å². The van der Waals surface area contributed by atoms with Crippen LogP contribution >= 0.6 is 23.8 Å². The highest BCUT2D eigenvalue weighted by atomic mass is 35.5. The average Bonchev–Trinajstić information content (AvgIpc) is 2.75. The van der Waals surface area contributed by atoms with Crippen molar-refractivity contribution in [3.63, 3.8) is 0 Å². The monoisotopic (exact) mass is 440 g/mol. The van der Waals surface area contributed by atoms with E-state index in [-0.39, 0.29) is 11.0 Å². The van der Waals surface area contributed by atoms with Gasteiger partial charge in [0, 0.05) is 17.7 Å². The fourth-order valence-corrected chi connectivity index (χ4v) is 3.21. The third-order valence-corrected chi connectivity index (χ3v) is 4.73. The standard InChI is InChI=1S/C23H21ClN2O3S/c1-28-21-11-10-18(15-20(21)24)25-23(30)26-22(27)17-8-5-9-19(14-17)29-13-12-16-6-3-2-4-7-16/h2-11,14-15H,12-13H2,1H3,(H2,25,26,27,30). The number of hydrogen-bond donors (Lipinski definition) is 2. The predicted octanol–water partition coefficient (Wildman–Crippen LogP) is 5.10. The van der Waals surface area contributed by atoms with Gasteiger partial charge in [-0.25, -0.2) is 0 Å². The molecule has 0 aliphatic rings. The fourth-order valence-electron chi connectivity index (χ4n) is 2.74. The van der Waals surface area contributed by atoms with Gasteiger partial charge in [0.1, 0.15) is 11.5 Å². The highest BCUT2D eigenvalue weighted by Gasteiger charge is 2.10. The van der Waals surface area contributed by atoms with Gasteiger partial charge in [0.15, 0.2) is 5.11 Å². The molecule has 0 aliphatic heterocycles. The van der Waals surface area contributed by atoms with Crippen LogP contribution in [0, 0.1) is 0 Å². The Labute approximate surface area is 186 Å². The molecule has 2 N–H and O–H groups in total. The van der Waals surface area contributed by atoms with Crippen molar-refractivity contribution in [1.29, 1.82) is 0 Å².